The molecule has 0 aromatic heterocycles. The zero-order valence-corrected chi connectivity index (χ0v) is 10.6. The second-order valence-electron chi connectivity index (χ2n) is 4.40. The van der Waals surface area contributed by atoms with Gasteiger partial charge in [0, 0.05) is 12.2 Å². The van der Waals surface area contributed by atoms with Gasteiger partial charge in [-0.3, -0.25) is 0 Å². The van der Waals surface area contributed by atoms with E-state index in [9.17, 15) is 13.2 Å². The zero-order chi connectivity index (χ0) is 14.6. The summed E-state index contributed by atoms with van der Waals surface area (Å²) < 4.78 is 37.2. The lowest BCUT2D eigenvalue weighted by Gasteiger charge is -2.10. The van der Waals surface area contributed by atoms with E-state index in [1.54, 1.807) is 0 Å². The molecule has 20 heavy (non-hydrogen) atoms. The summed E-state index contributed by atoms with van der Waals surface area (Å²) >= 11 is 0. The Morgan fingerprint density at radius 3 is 1.90 bits per heavy atom. The van der Waals surface area contributed by atoms with Crippen molar-refractivity contribution >= 4 is 5.69 Å². The van der Waals surface area contributed by atoms with Crippen LogP contribution in [0.3, 0.4) is 0 Å². The van der Waals surface area contributed by atoms with Crippen LogP contribution in [0.15, 0.2) is 48.5 Å². The molecular weight excluding hydrogens is 267 g/mol. The fraction of sp³-hybridized carbons (Fsp3) is 0.200. The number of anilines is 1. The predicted molar refractivity (Wildman–Crippen MR) is 71.1 cm³/mol. The second-order valence-corrected chi connectivity index (χ2v) is 4.40. The number of aliphatic hydroxyl groups excluding tert-OH is 1. The van der Waals surface area contributed by atoms with Gasteiger partial charge >= 0.3 is 6.18 Å². The molecule has 2 aromatic rings. The number of aliphatic hydroxyl groups is 1. The summed E-state index contributed by atoms with van der Waals surface area (Å²) in [4.78, 5) is 0. The van der Waals surface area contributed by atoms with E-state index in [4.69, 9.17) is 5.11 Å². The van der Waals surface area contributed by atoms with Crippen molar-refractivity contribution in [2.24, 2.45) is 0 Å². The van der Waals surface area contributed by atoms with E-state index in [1.165, 1.54) is 12.1 Å². The van der Waals surface area contributed by atoms with Crippen molar-refractivity contribution in [2.45, 2.75) is 19.3 Å². The maximum Gasteiger partial charge on any atom is 0.416 e. The number of halogens is 3. The summed E-state index contributed by atoms with van der Waals surface area (Å²) in [6.07, 6.45) is -4.31. The third kappa shape index (κ3) is 3.74. The Labute approximate surface area is 114 Å². The Morgan fingerprint density at radius 1 is 0.850 bits per heavy atom. The molecule has 0 radical (unpaired) electrons. The van der Waals surface area contributed by atoms with Crippen LogP contribution in [0.25, 0.3) is 0 Å². The minimum absolute atomic E-state index is 0.00733. The molecule has 106 valence electrons. The molecular formula is C15H14F3NO. The molecule has 2 nitrogen and oxygen atoms in total. The molecule has 0 heterocycles. The van der Waals surface area contributed by atoms with Crippen LogP contribution in [0.1, 0.15) is 16.7 Å². The van der Waals surface area contributed by atoms with Gasteiger partial charge in [-0.15, -0.1) is 0 Å². The van der Waals surface area contributed by atoms with Crippen molar-refractivity contribution in [1.82, 2.24) is 0 Å². The van der Waals surface area contributed by atoms with E-state index in [0.29, 0.717) is 12.2 Å². The summed E-state index contributed by atoms with van der Waals surface area (Å²) in [5.41, 5.74) is 1.78. The average molecular weight is 281 g/mol. The maximum atomic E-state index is 12.4. The monoisotopic (exact) mass is 281 g/mol. The van der Waals surface area contributed by atoms with E-state index in [-0.39, 0.29) is 6.61 Å². The van der Waals surface area contributed by atoms with Crippen molar-refractivity contribution in [3.05, 3.63) is 65.2 Å². The third-order valence-corrected chi connectivity index (χ3v) is 2.91. The van der Waals surface area contributed by atoms with Crippen LogP contribution in [0.5, 0.6) is 0 Å². The van der Waals surface area contributed by atoms with Gasteiger partial charge in [-0.2, -0.15) is 13.2 Å². The average Bonchev–Trinajstić information content (AvgIpc) is 2.45. The molecule has 0 atom stereocenters. The van der Waals surface area contributed by atoms with E-state index in [0.717, 1.165) is 23.3 Å². The molecule has 0 aliphatic carbocycles. The zero-order valence-electron chi connectivity index (χ0n) is 10.6. The van der Waals surface area contributed by atoms with Gasteiger partial charge in [0.15, 0.2) is 0 Å². The van der Waals surface area contributed by atoms with Crippen LogP contribution in [-0.2, 0) is 19.3 Å². The van der Waals surface area contributed by atoms with Crippen molar-refractivity contribution in [1.29, 1.82) is 0 Å². The lowest BCUT2D eigenvalue weighted by molar-refractivity contribution is -0.137. The first-order chi connectivity index (χ1) is 9.49. The molecule has 0 fully saturated rings. The number of rotatable bonds is 4. The quantitative estimate of drug-likeness (QED) is 0.893. The lowest BCUT2D eigenvalue weighted by Crippen LogP contribution is -2.05. The molecule has 0 saturated carbocycles. The first-order valence-corrected chi connectivity index (χ1v) is 6.09. The molecule has 2 N–H and O–H groups in total. The smallest absolute Gasteiger partial charge is 0.392 e. The highest BCUT2D eigenvalue weighted by Crippen LogP contribution is 2.29. The van der Waals surface area contributed by atoms with Gasteiger partial charge in [0.1, 0.15) is 0 Å². The number of benzene rings is 2. The standard InChI is InChI=1S/C15H14F3NO/c16-15(17,18)13-5-7-14(8-6-13)19-9-11-1-3-12(10-20)4-2-11/h1-8,19-20H,9-10H2. The van der Waals surface area contributed by atoms with Crippen LogP contribution in [-0.4, -0.2) is 5.11 Å². The molecule has 0 unspecified atom stereocenters. The summed E-state index contributed by atoms with van der Waals surface area (Å²) in [7, 11) is 0. The van der Waals surface area contributed by atoms with Crippen LogP contribution < -0.4 is 5.32 Å². The molecule has 0 saturated heterocycles. The normalized spacial score (nSPS) is 11.4. The third-order valence-electron chi connectivity index (χ3n) is 2.91. The number of alkyl halides is 3. The Hall–Kier alpha value is -2.01. The summed E-state index contributed by atoms with van der Waals surface area (Å²) in [5, 5.41) is 12.0. The van der Waals surface area contributed by atoms with E-state index in [2.05, 4.69) is 5.32 Å². The highest BCUT2D eigenvalue weighted by atomic mass is 19.4. The van der Waals surface area contributed by atoms with Gasteiger partial charge in [-0.25, -0.2) is 0 Å². The van der Waals surface area contributed by atoms with E-state index >= 15 is 0 Å². The maximum absolute atomic E-state index is 12.4. The summed E-state index contributed by atoms with van der Waals surface area (Å²) in [6, 6.07) is 12.3. The summed E-state index contributed by atoms with van der Waals surface area (Å²) in [6.45, 7) is 0.504. The highest BCUT2D eigenvalue weighted by Gasteiger charge is 2.29. The van der Waals surface area contributed by atoms with Crippen molar-refractivity contribution in [3.63, 3.8) is 0 Å². The predicted octanol–water partition coefficient (Wildman–Crippen LogP) is 3.81. The van der Waals surface area contributed by atoms with Crippen molar-refractivity contribution in [2.75, 3.05) is 5.32 Å². The number of hydrogen-bond donors (Lipinski definition) is 2. The number of nitrogens with one attached hydrogen (secondary N) is 1. The fourth-order valence-electron chi connectivity index (χ4n) is 1.74. The summed E-state index contributed by atoms with van der Waals surface area (Å²) in [5.74, 6) is 0. The Bertz CT molecular complexity index is 547. The van der Waals surface area contributed by atoms with Crippen LogP contribution >= 0.6 is 0 Å². The minimum Gasteiger partial charge on any atom is -0.392 e. The van der Waals surface area contributed by atoms with Crippen LogP contribution in [0.2, 0.25) is 0 Å². The van der Waals surface area contributed by atoms with Crippen molar-refractivity contribution < 1.29 is 18.3 Å². The van der Waals surface area contributed by atoms with Gasteiger partial charge in [0.2, 0.25) is 0 Å². The minimum atomic E-state index is -4.31. The van der Waals surface area contributed by atoms with Gasteiger partial charge in [-0.1, -0.05) is 24.3 Å². The molecule has 0 aliphatic heterocycles. The van der Waals surface area contributed by atoms with Crippen molar-refractivity contribution in [3.8, 4) is 0 Å². The molecule has 0 aliphatic rings. The lowest BCUT2D eigenvalue weighted by atomic mass is 10.1. The largest absolute Gasteiger partial charge is 0.416 e. The fourth-order valence-corrected chi connectivity index (χ4v) is 1.74. The molecule has 0 spiro atoms. The number of hydrogen-bond acceptors (Lipinski definition) is 2. The van der Waals surface area contributed by atoms with Gasteiger partial charge in [0.05, 0.1) is 12.2 Å². The molecule has 0 amide bonds. The Morgan fingerprint density at radius 2 is 1.40 bits per heavy atom. The first-order valence-electron chi connectivity index (χ1n) is 6.09. The first kappa shape index (κ1) is 14.4. The van der Waals surface area contributed by atoms with Gasteiger partial charge in [-0.05, 0) is 35.4 Å². The highest BCUT2D eigenvalue weighted by molar-refractivity contribution is 5.45. The molecule has 0 bridgehead atoms. The van der Waals surface area contributed by atoms with Gasteiger partial charge in [0.25, 0.3) is 0 Å². The SMILES string of the molecule is OCc1ccc(CNc2ccc(C(F)(F)F)cc2)cc1. The Kier molecular flexibility index (Phi) is 4.29. The van der Waals surface area contributed by atoms with E-state index in [1.807, 2.05) is 24.3 Å². The Balaban J connectivity index is 1.96. The van der Waals surface area contributed by atoms with Crippen LogP contribution in [0.4, 0.5) is 18.9 Å². The van der Waals surface area contributed by atoms with Gasteiger partial charge < -0.3 is 10.4 Å². The molecule has 5 heteroatoms. The molecule has 2 aromatic carbocycles. The topological polar surface area (TPSA) is 32.3 Å². The van der Waals surface area contributed by atoms with E-state index < -0.39 is 11.7 Å². The van der Waals surface area contributed by atoms with Crippen LogP contribution in [0, 0.1) is 0 Å². The molecule has 2 rings (SSSR count). The second kappa shape index (κ2) is 5.96.